The van der Waals surface area contributed by atoms with Crippen molar-refractivity contribution in [3.05, 3.63) is 33.6 Å². The number of rotatable bonds is 2. The first-order valence-corrected chi connectivity index (χ1v) is 6.18. The van der Waals surface area contributed by atoms with Gasteiger partial charge in [-0.3, -0.25) is 9.67 Å². The highest BCUT2D eigenvalue weighted by molar-refractivity contribution is 7.71. The van der Waals surface area contributed by atoms with Gasteiger partial charge in [0.15, 0.2) is 10.6 Å². The number of nitrogens with zero attached hydrogens (tertiary/aromatic N) is 2. The highest BCUT2D eigenvalue weighted by Gasteiger charge is 2.28. The van der Waals surface area contributed by atoms with Gasteiger partial charge in [-0.1, -0.05) is 11.6 Å². The number of hydrogen-bond donors (Lipinski definition) is 1. The highest BCUT2D eigenvalue weighted by atomic mass is 35.5. The molecule has 0 bridgehead atoms. The Kier molecular flexibility index (Phi) is 2.71. The summed E-state index contributed by atoms with van der Waals surface area (Å²) in [5, 5.41) is 6.34. The third-order valence-electron chi connectivity index (χ3n) is 2.87. The SMILES string of the molecule is Fc1cc(-c2n[nH]c(=S)n2C2CC2)c(F)cc1Cl. The lowest BCUT2D eigenvalue weighted by Crippen LogP contribution is -2.00. The molecule has 3 rings (SSSR count). The topological polar surface area (TPSA) is 33.6 Å². The zero-order valence-electron chi connectivity index (χ0n) is 9.08. The van der Waals surface area contributed by atoms with Crippen molar-refractivity contribution in [1.29, 1.82) is 0 Å². The second-order valence-electron chi connectivity index (χ2n) is 4.20. The Bertz CT molecular complexity index is 675. The average molecular weight is 288 g/mol. The van der Waals surface area contributed by atoms with E-state index >= 15 is 0 Å². The largest absolute Gasteiger partial charge is 0.297 e. The molecule has 3 nitrogen and oxygen atoms in total. The number of halogens is 3. The predicted octanol–water partition coefficient (Wildman–Crippen LogP) is 3.87. The first-order valence-electron chi connectivity index (χ1n) is 5.39. The minimum absolute atomic E-state index is 0.0659. The zero-order chi connectivity index (χ0) is 12.9. The maximum atomic E-state index is 13.8. The van der Waals surface area contributed by atoms with E-state index in [9.17, 15) is 8.78 Å². The summed E-state index contributed by atoms with van der Waals surface area (Å²) >= 11 is 10.6. The third kappa shape index (κ3) is 1.85. The van der Waals surface area contributed by atoms with Crippen molar-refractivity contribution in [3.8, 4) is 11.4 Å². The van der Waals surface area contributed by atoms with Gasteiger partial charge in [0.1, 0.15) is 11.6 Å². The van der Waals surface area contributed by atoms with Crippen molar-refractivity contribution in [1.82, 2.24) is 14.8 Å². The summed E-state index contributed by atoms with van der Waals surface area (Å²) in [4.78, 5) is 0. The number of benzene rings is 1. The Balaban J connectivity index is 2.21. The second-order valence-corrected chi connectivity index (χ2v) is 4.99. The van der Waals surface area contributed by atoms with Crippen LogP contribution in [-0.2, 0) is 0 Å². The van der Waals surface area contributed by atoms with Gasteiger partial charge in [0, 0.05) is 6.04 Å². The standard InChI is InChI=1S/C11H8ClF2N3S/c12-7-4-8(13)6(3-9(7)14)10-15-16-11(18)17(10)5-1-2-5/h3-5H,1-2H2,(H,16,18). The van der Waals surface area contributed by atoms with Gasteiger partial charge in [0.25, 0.3) is 0 Å². The van der Waals surface area contributed by atoms with E-state index in [4.69, 9.17) is 23.8 Å². The molecule has 1 aromatic carbocycles. The van der Waals surface area contributed by atoms with Gasteiger partial charge in [-0.25, -0.2) is 8.78 Å². The van der Waals surface area contributed by atoms with Crippen LogP contribution in [0.25, 0.3) is 11.4 Å². The summed E-state index contributed by atoms with van der Waals surface area (Å²) in [6.07, 6.45) is 1.94. The molecular weight excluding hydrogens is 280 g/mol. The first-order chi connectivity index (χ1) is 8.58. The van der Waals surface area contributed by atoms with Crippen molar-refractivity contribution in [2.24, 2.45) is 0 Å². The van der Waals surface area contributed by atoms with Crippen LogP contribution in [0.4, 0.5) is 8.78 Å². The monoisotopic (exact) mass is 287 g/mol. The molecule has 1 aliphatic carbocycles. The van der Waals surface area contributed by atoms with Crippen LogP contribution in [0.1, 0.15) is 18.9 Å². The van der Waals surface area contributed by atoms with Gasteiger partial charge < -0.3 is 0 Å². The number of nitrogens with one attached hydrogen (secondary N) is 1. The van der Waals surface area contributed by atoms with E-state index in [0.29, 0.717) is 10.6 Å². The maximum Gasteiger partial charge on any atom is 0.195 e. The number of H-pyrrole nitrogens is 1. The molecule has 1 aliphatic rings. The molecule has 94 valence electrons. The summed E-state index contributed by atoms with van der Waals surface area (Å²) in [5.41, 5.74) is 0.0659. The molecule has 1 fully saturated rings. The number of hydrogen-bond acceptors (Lipinski definition) is 2. The van der Waals surface area contributed by atoms with E-state index in [1.54, 1.807) is 4.57 Å². The Morgan fingerprint density at radius 3 is 2.72 bits per heavy atom. The van der Waals surface area contributed by atoms with Gasteiger partial charge in [0.2, 0.25) is 0 Å². The normalized spacial score (nSPS) is 15.1. The smallest absolute Gasteiger partial charge is 0.195 e. The Morgan fingerprint density at radius 2 is 2.06 bits per heavy atom. The van der Waals surface area contributed by atoms with Crippen molar-refractivity contribution in [3.63, 3.8) is 0 Å². The third-order valence-corrected chi connectivity index (χ3v) is 3.44. The molecule has 0 atom stereocenters. The van der Waals surface area contributed by atoms with Gasteiger partial charge in [0.05, 0.1) is 10.6 Å². The second kappa shape index (κ2) is 4.13. The molecular formula is C11H8ClF2N3S. The van der Waals surface area contributed by atoms with Crippen LogP contribution in [-0.4, -0.2) is 14.8 Å². The predicted molar refractivity (Wildman–Crippen MR) is 66.0 cm³/mol. The van der Waals surface area contributed by atoms with Crippen LogP contribution in [0.5, 0.6) is 0 Å². The van der Waals surface area contributed by atoms with Crippen LogP contribution in [0.3, 0.4) is 0 Å². The Morgan fingerprint density at radius 1 is 1.33 bits per heavy atom. The molecule has 2 aromatic rings. The van der Waals surface area contributed by atoms with E-state index in [-0.39, 0.29) is 16.6 Å². The van der Waals surface area contributed by atoms with Crippen molar-refractivity contribution < 1.29 is 8.78 Å². The van der Waals surface area contributed by atoms with E-state index in [2.05, 4.69) is 10.2 Å². The molecule has 1 aromatic heterocycles. The number of aromatic amines is 1. The summed E-state index contributed by atoms with van der Waals surface area (Å²) in [6.45, 7) is 0. The molecule has 1 heterocycles. The molecule has 0 aliphatic heterocycles. The van der Waals surface area contributed by atoms with Crippen molar-refractivity contribution in [2.75, 3.05) is 0 Å². The van der Waals surface area contributed by atoms with Crippen molar-refractivity contribution in [2.45, 2.75) is 18.9 Å². The molecule has 18 heavy (non-hydrogen) atoms. The molecule has 0 unspecified atom stereocenters. The van der Waals surface area contributed by atoms with E-state index in [1.165, 1.54) is 0 Å². The zero-order valence-corrected chi connectivity index (χ0v) is 10.7. The minimum Gasteiger partial charge on any atom is -0.297 e. The van der Waals surface area contributed by atoms with Gasteiger partial charge in [-0.15, -0.1) is 0 Å². The van der Waals surface area contributed by atoms with Gasteiger partial charge in [-0.05, 0) is 37.2 Å². The van der Waals surface area contributed by atoms with Crippen LogP contribution < -0.4 is 0 Å². The van der Waals surface area contributed by atoms with Crippen LogP contribution in [0.15, 0.2) is 12.1 Å². The molecule has 0 spiro atoms. The molecule has 0 radical (unpaired) electrons. The lowest BCUT2D eigenvalue weighted by molar-refractivity contribution is 0.600. The average Bonchev–Trinajstić information content (AvgIpc) is 3.08. The maximum absolute atomic E-state index is 13.8. The Labute approximate surface area is 111 Å². The molecule has 0 saturated heterocycles. The van der Waals surface area contributed by atoms with Gasteiger partial charge >= 0.3 is 0 Å². The lowest BCUT2D eigenvalue weighted by atomic mass is 10.2. The van der Waals surface area contributed by atoms with E-state index in [1.807, 2.05) is 0 Å². The highest BCUT2D eigenvalue weighted by Crippen LogP contribution is 2.38. The fraction of sp³-hybridized carbons (Fsp3) is 0.273. The Hall–Kier alpha value is -1.27. The molecule has 1 N–H and O–H groups in total. The van der Waals surface area contributed by atoms with Crippen molar-refractivity contribution >= 4 is 23.8 Å². The summed E-state index contributed by atoms with van der Waals surface area (Å²) in [5.74, 6) is -0.975. The minimum atomic E-state index is -0.677. The first kappa shape index (κ1) is 11.8. The lowest BCUT2D eigenvalue weighted by Gasteiger charge is -2.06. The van der Waals surface area contributed by atoms with E-state index < -0.39 is 11.6 Å². The summed E-state index contributed by atoms with van der Waals surface area (Å²) in [7, 11) is 0. The number of aromatic nitrogens is 3. The fourth-order valence-corrected chi connectivity index (χ4v) is 2.29. The van der Waals surface area contributed by atoms with Crippen LogP contribution in [0, 0.1) is 16.4 Å². The van der Waals surface area contributed by atoms with Gasteiger partial charge in [-0.2, -0.15) is 5.10 Å². The van der Waals surface area contributed by atoms with E-state index in [0.717, 1.165) is 25.0 Å². The fourth-order valence-electron chi connectivity index (χ4n) is 1.86. The summed E-state index contributed by atoms with van der Waals surface area (Å²) in [6, 6.07) is 2.22. The van der Waals surface area contributed by atoms with Crippen LogP contribution in [0.2, 0.25) is 5.02 Å². The quantitative estimate of drug-likeness (QED) is 0.672. The summed E-state index contributed by atoms with van der Waals surface area (Å²) < 4.78 is 29.4. The molecule has 0 amide bonds. The molecule has 7 heteroatoms. The molecule has 1 saturated carbocycles. The van der Waals surface area contributed by atoms with Crippen LogP contribution >= 0.6 is 23.8 Å².